The van der Waals surface area contributed by atoms with Gasteiger partial charge in [0.1, 0.15) is 5.76 Å². The second kappa shape index (κ2) is 5.21. The zero-order valence-electron chi connectivity index (χ0n) is 10.4. The van der Waals surface area contributed by atoms with E-state index in [0.29, 0.717) is 18.3 Å². The topological polar surface area (TPSA) is 58.4 Å². The highest BCUT2D eigenvalue weighted by molar-refractivity contribution is 5.80. The Morgan fingerprint density at radius 2 is 2.53 bits per heavy atom. The zero-order chi connectivity index (χ0) is 12.3. The minimum atomic E-state index is 0.136. The highest BCUT2D eigenvalue weighted by Gasteiger charge is 2.20. The first-order valence-electron chi connectivity index (χ1n) is 6.10. The van der Waals surface area contributed by atoms with Crippen molar-refractivity contribution in [3.63, 3.8) is 0 Å². The van der Waals surface area contributed by atoms with Crippen LogP contribution in [0.15, 0.2) is 10.6 Å². The van der Waals surface area contributed by atoms with Crippen LogP contribution in [-0.2, 0) is 4.79 Å². The third-order valence-corrected chi connectivity index (χ3v) is 3.06. The van der Waals surface area contributed by atoms with Crippen molar-refractivity contribution in [3.8, 4) is 0 Å². The van der Waals surface area contributed by atoms with Crippen LogP contribution in [-0.4, -0.2) is 35.6 Å². The summed E-state index contributed by atoms with van der Waals surface area (Å²) in [6.07, 6.45) is 2.33. The first-order valence-corrected chi connectivity index (χ1v) is 6.10. The summed E-state index contributed by atoms with van der Waals surface area (Å²) in [5, 5.41) is 6.77. The van der Waals surface area contributed by atoms with Crippen LogP contribution in [0.2, 0.25) is 0 Å². The summed E-state index contributed by atoms with van der Waals surface area (Å²) in [7, 11) is 0. The third kappa shape index (κ3) is 3.22. The summed E-state index contributed by atoms with van der Waals surface area (Å²) < 4.78 is 4.92. The third-order valence-electron chi connectivity index (χ3n) is 3.06. The first kappa shape index (κ1) is 12.0. The Labute approximate surface area is 101 Å². The van der Waals surface area contributed by atoms with Crippen molar-refractivity contribution < 1.29 is 9.32 Å². The molecule has 0 spiro atoms. The van der Waals surface area contributed by atoms with Crippen LogP contribution in [0.4, 0.5) is 5.82 Å². The molecule has 0 bridgehead atoms. The maximum Gasteiger partial charge on any atom is 0.241 e. The van der Waals surface area contributed by atoms with Gasteiger partial charge < -0.3 is 14.7 Å². The van der Waals surface area contributed by atoms with Gasteiger partial charge in [-0.05, 0) is 25.7 Å². The number of piperidine rings is 1. The zero-order valence-corrected chi connectivity index (χ0v) is 10.4. The lowest BCUT2D eigenvalue weighted by Gasteiger charge is -2.30. The smallest absolute Gasteiger partial charge is 0.241 e. The number of anilines is 1. The standard InChI is InChI=1S/C12H19N3O2/c1-9-4-3-5-15(8-9)12(16)7-13-11-6-10(2)17-14-11/h6,9H,3-5,7-8H2,1-2H3,(H,13,14). The number of likely N-dealkylation sites (tertiary alicyclic amines) is 1. The molecule has 0 aromatic carbocycles. The summed E-state index contributed by atoms with van der Waals surface area (Å²) in [6, 6.07) is 1.78. The monoisotopic (exact) mass is 237 g/mol. The molecule has 0 radical (unpaired) electrons. The van der Waals surface area contributed by atoms with E-state index in [1.807, 2.05) is 11.8 Å². The number of carbonyl (C=O) groups is 1. The molecule has 2 rings (SSSR count). The first-order chi connectivity index (χ1) is 8.15. The van der Waals surface area contributed by atoms with Crippen molar-refractivity contribution in [2.45, 2.75) is 26.7 Å². The molecular weight excluding hydrogens is 218 g/mol. The predicted octanol–water partition coefficient (Wildman–Crippen LogP) is 1.65. The lowest BCUT2D eigenvalue weighted by Crippen LogP contribution is -2.41. The van der Waals surface area contributed by atoms with Crippen LogP contribution in [0.5, 0.6) is 0 Å². The summed E-state index contributed by atoms with van der Waals surface area (Å²) in [4.78, 5) is 13.9. The quantitative estimate of drug-likeness (QED) is 0.868. The molecule has 1 atom stereocenters. The molecule has 17 heavy (non-hydrogen) atoms. The number of hydrogen-bond acceptors (Lipinski definition) is 4. The molecule has 1 aliphatic rings. The lowest BCUT2D eigenvalue weighted by atomic mass is 10.0. The highest BCUT2D eigenvalue weighted by Crippen LogP contribution is 2.15. The molecule has 1 N–H and O–H groups in total. The minimum Gasteiger partial charge on any atom is -0.360 e. The van der Waals surface area contributed by atoms with E-state index in [9.17, 15) is 4.79 Å². The number of aromatic nitrogens is 1. The van der Waals surface area contributed by atoms with Crippen molar-refractivity contribution >= 4 is 11.7 Å². The fourth-order valence-electron chi connectivity index (χ4n) is 2.14. The fourth-order valence-corrected chi connectivity index (χ4v) is 2.14. The van der Waals surface area contributed by atoms with Crippen molar-refractivity contribution in [1.82, 2.24) is 10.1 Å². The average Bonchev–Trinajstić information content (AvgIpc) is 2.72. The summed E-state index contributed by atoms with van der Waals surface area (Å²) >= 11 is 0. The van der Waals surface area contributed by atoms with Crippen LogP contribution < -0.4 is 5.32 Å². The Hall–Kier alpha value is -1.52. The SMILES string of the molecule is Cc1cc(NCC(=O)N2CCCC(C)C2)no1. The molecule has 1 aliphatic heterocycles. The number of amides is 1. The molecule has 1 aromatic heterocycles. The van der Waals surface area contributed by atoms with Crippen LogP contribution >= 0.6 is 0 Å². The van der Waals surface area contributed by atoms with E-state index >= 15 is 0 Å². The predicted molar refractivity (Wildman–Crippen MR) is 64.7 cm³/mol. The Morgan fingerprint density at radius 3 is 3.18 bits per heavy atom. The molecule has 5 heteroatoms. The van der Waals surface area contributed by atoms with Gasteiger partial charge in [-0.2, -0.15) is 0 Å². The number of carbonyl (C=O) groups excluding carboxylic acids is 1. The highest BCUT2D eigenvalue weighted by atomic mass is 16.5. The van der Waals surface area contributed by atoms with E-state index in [1.165, 1.54) is 6.42 Å². The summed E-state index contributed by atoms with van der Waals surface area (Å²) in [5.41, 5.74) is 0. The maximum atomic E-state index is 11.9. The van der Waals surface area contributed by atoms with Gasteiger partial charge in [0.15, 0.2) is 5.82 Å². The van der Waals surface area contributed by atoms with E-state index in [4.69, 9.17) is 4.52 Å². The summed E-state index contributed by atoms with van der Waals surface area (Å²) in [5.74, 6) is 2.12. The molecule has 1 fully saturated rings. The van der Waals surface area contributed by atoms with Gasteiger partial charge in [0, 0.05) is 19.2 Å². The molecule has 0 aliphatic carbocycles. The second-order valence-electron chi connectivity index (χ2n) is 4.76. The van der Waals surface area contributed by atoms with Gasteiger partial charge in [-0.15, -0.1) is 0 Å². The van der Waals surface area contributed by atoms with E-state index in [2.05, 4.69) is 17.4 Å². The molecule has 1 aromatic rings. The van der Waals surface area contributed by atoms with Crippen molar-refractivity contribution in [2.24, 2.45) is 5.92 Å². The average molecular weight is 237 g/mol. The van der Waals surface area contributed by atoms with Crippen molar-refractivity contribution in [2.75, 3.05) is 25.0 Å². The van der Waals surface area contributed by atoms with Crippen molar-refractivity contribution in [3.05, 3.63) is 11.8 Å². The largest absolute Gasteiger partial charge is 0.360 e. The summed E-state index contributed by atoms with van der Waals surface area (Å²) in [6.45, 7) is 6.06. The van der Waals surface area contributed by atoms with E-state index in [1.54, 1.807) is 6.07 Å². The number of rotatable bonds is 3. The van der Waals surface area contributed by atoms with E-state index in [-0.39, 0.29) is 5.91 Å². The molecule has 2 heterocycles. The molecule has 1 saturated heterocycles. The lowest BCUT2D eigenvalue weighted by molar-refractivity contribution is -0.130. The molecule has 5 nitrogen and oxygen atoms in total. The fraction of sp³-hybridized carbons (Fsp3) is 0.667. The van der Waals surface area contributed by atoms with Gasteiger partial charge in [0.05, 0.1) is 6.54 Å². The van der Waals surface area contributed by atoms with Gasteiger partial charge in [-0.25, -0.2) is 0 Å². The molecule has 1 unspecified atom stereocenters. The number of nitrogens with one attached hydrogen (secondary N) is 1. The molecular formula is C12H19N3O2. The van der Waals surface area contributed by atoms with Crippen LogP contribution in [0, 0.1) is 12.8 Å². The number of nitrogens with zero attached hydrogens (tertiary/aromatic N) is 2. The maximum absolute atomic E-state index is 11.9. The van der Waals surface area contributed by atoms with Crippen LogP contribution in [0.3, 0.4) is 0 Å². The minimum absolute atomic E-state index is 0.136. The van der Waals surface area contributed by atoms with E-state index in [0.717, 1.165) is 25.3 Å². The van der Waals surface area contributed by atoms with Gasteiger partial charge in [-0.1, -0.05) is 12.1 Å². The van der Waals surface area contributed by atoms with Crippen LogP contribution in [0.1, 0.15) is 25.5 Å². The van der Waals surface area contributed by atoms with Crippen molar-refractivity contribution in [1.29, 1.82) is 0 Å². The van der Waals surface area contributed by atoms with Gasteiger partial charge >= 0.3 is 0 Å². The van der Waals surface area contributed by atoms with Gasteiger partial charge in [-0.3, -0.25) is 4.79 Å². The number of aryl methyl sites for hydroxylation is 1. The molecule has 0 saturated carbocycles. The Balaban J connectivity index is 1.80. The molecule has 94 valence electrons. The van der Waals surface area contributed by atoms with E-state index < -0.39 is 0 Å². The normalized spacial score (nSPS) is 20.4. The second-order valence-corrected chi connectivity index (χ2v) is 4.76. The number of hydrogen-bond donors (Lipinski definition) is 1. The molecule has 1 amide bonds. The van der Waals surface area contributed by atoms with Gasteiger partial charge in [0.25, 0.3) is 0 Å². The Bertz CT molecular complexity index is 389. The van der Waals surface area contributed by atoms with Crippen LogP contribution in [0.25, 0.3) is 0 Å². The van der Waals surface area contributed by atoms with Gasteiger partial charge in [0.2, 0.25) is 5.91 Å². The Morgan fingerprint density at radius 1 is 1.71 bits per heavy atom. The Kier molecular flexibility index (Phi) is 3.66.